The van der Waals surface area contributed by atoms with E-state index < -0.39 is 6.10 Å². The molecular weight excluding hydrogens is 218 g/mol. The number of amides is 1. The molecule has 1 amide bonds. The quantitative estimate of drug-likeness (QED) is 0.761. The second-order valence-corrected chi connectivity index (χ2v) is 4.67. The van der Waals surface area contributed by atoms with Crippen LogP contribution in [-0.4, -0.2) is 23.7 Å². The highest BCUT2D eigenvalue weighted by atomic mass is 16.3. The van der Waals surface area contributed by atoms with Gasteiger partial charge in [-0.05, 0) is 24.5 Å². The Morgan fingerprint density at radius 2 is 2.29 bits per heavy atom. The average Bonchev–Trinajstić information content (AvgIpc) is 2.75. The zero-order valence-corrected chi connectivity index (χ0v) is 10.5. The molecule has 1 rings (SSSR count). The topological polar surface area (TPSA) is 62.5 Å². The van der Waals surface area contributed by atoms with Gasteiger partial charge < -0.3 is 14.8 Å². The van der Waals surface area contributed by atoms with Crippen molar-refractivity contribution in [2.24, 2.45) is 5.92 Å². The van der Waals surface area contributed by atoms with Gasteiger partial charge in [-0.2, -0.15) is 0 Å². The standard InChI is InChI=1S/C13H21NO3/c1-10(2)8-11(15)9-14-13(16)6-5-12-4-3-7-17-12/h3-4,7,10-11,15H,5-6,8-9H2,1-2H3,(H,14,16). The van der Waals surface area contributed by atoms with Gasteiger partial charge in [0.15, 0.2) is 0 Å². The molecule has 0 aliphatic heterocycles. The minimum Gasteiger partial charge on any atom is -0.469 e. The maximum absolute atomic E-state index is 11.5. The Hall–Kier alpha value is -1.29. The summed E-state index contributed by atoms with van der Waals surface area (Å²) in [5.74, 6) is 1.19. The minimum absolute atomic E-state index is 0.0517. The van der Waals surface area contributed by atoms with Crippen molar-refractivity contribution >= 4 is 5.91 Å². The Kier molecular flexibility index (Phi) is 5.77. The summed E-state index contributed by atoms with van der Waals surface area (Å²) in [5.41, 5.74) is 0. The summed E-state index contributed by atoms with van der Waals surface area (Å²) in [4.78, 5) is 11.5. The lowest BCUT2D eigenvalue weighted by Crippen LogP contribution is -2.32. The Morgan fingerprint density at radius 3 is 2.88 bits per heavy atom. The Bertz CT molecular complexity index is 319. The first-order chi connectivity index (χ1) is 8.08. The normalized spacial score (nSPS) is 12.7. The zero-order valence-electron chi connectivity index (χ0n) is 10.5. The fourth-order valence-corrected chi connectivity index (χ4v) is 1.64. The molecule has 1 aromatic rings. The van der Waals surface area contributed by atoms with Crippen molar-refractivity contribution in [3.05, 3.63) is 24.2 Å². The number of hydrogen-bond donors (Lipinski definition) is 2. The van der Waals surface area contributed by atoms with Gasteiger partial charge in [0.2, 0.25) is 5.91 Å². The van der Waals surface area contributed by atoms with E-state index in [-0.39, 0.29) is 5.91 Å². The third-order valence-corrected chi connectivity index (χ3v) is 2.46. The van der Waals surface area contributed by atoms with E-state index >= 15 is 0 Å². The molecule has 0 fully saturated rings. The molecule has 0 saturated carbocycles. The Morgan fingerprint density at radius 1 is 1.53 bits per heavy atom. The zero-order chi connectivity index (χ0) is 12.7. The molecular formula is C13H21NO3. The van der Waals surface area contributed by atoms with Crippen molar-refractivity contribution in [1.29, 1.82) is 0 Å². The van der Waals surface area contributed by atoms with Crippen LogP contribution in [0.1, 0.15) is 32.4 Å². The first-order valence-corrected chi connectivity index (χ1v) is 6.05. The predicted octanol–water partition coefficient (Wildman–Crippen LogP) is 1.74. The lowest BCUT2D eigenvalue weighted by atomic mass is 10.1. The van der Waals surface area contributed by atoms with Crippen LogP contribution in [-0.2, 0) is 11.2 Å². The highest BCUT2D eigenvalue weighted by molar-refractivity contribution is 5.76. The van der Waals surface area contributed by atoms with Crippen molar-refractivity contribution in [3.8, 4) is 0 Å². The van der Waals surface area contributed by atoms with E-state index in [1.165, 1.54) is 0 Å². The molecule has 96 valence electrons. The fraction of sp³-hybridized carbons (Fsp3) is 0.615. The maximum Gasteiger partial charge on any atom is 0.220 e. The highest BCUT2D eigenvalue weighted by Crippen LogP contribution is 2.05. The van der Waals surface area contributed by atoms with Crippen LogP contribution in [0, 0.1) is 5.92 Å². The van der Waals surface area contributed by atoms with E-state index in [0.29, 0.717) is 31.7 Å². The van der Waals surface area contributed by atoms with Crippen molar-refractivity contribution in [2.45, 2.75) is 39.2 Å². The lowest BCUT2D eigenvalue weighted by molar-refractivity contribution is -0.121. The van der Waals surface area contributed by atoms with Crippen molar-refractivity contribution < 1.29 is 14.3 Å². The number of aliphatic hydroxyl groups is 1. The van der Waals surface area contributed by atoms with E-state index in [0.717, 1.165) is 5.76 Å². The number of aryl methyl sites for hydroxylation is 1. The summed E-state index contributed by atoms with van der Waals surface area (Å²) >= 11 is 0. The first kappa shape index (κ1) is 13.8. The van der Waals surface area contributed by atoms with Gasteiger partial charge >= 0.3 is 0 Å². The van der Waals surface area contributed by atoms with Crippen LogP contribution in [0.3, 0.4) is 0 Å². The summed E-state index contributed by atoms with van der Waals surface area (Å²) < 4.78 is 5.13. The van der Waals surface area contributed by atoms with Crippen LogP contribution in [0.25, 0.3) is 0 Å². The van der Waals surface area contributed by atoms with E-state index in [4.69, 9.17) is 4.42 Å². The molecule has 4 nitrogen and oxygen atoms in total. The van der Waals surface area contributed by atoms with Crippen LogP contribution in [0.4, 0.5) is 0 Å². The number of carbonyl (C=O) groups excluding carboxylic acids is 1. The molecule has 17 heavy (non-hydrogen) atoms. The van der Waals surface area contributed by atoms with Crippen LogP contribution in [0.15, 0.2) is 22.8 Å². The van der Waals surface area contributed by atoms with Crippen LogP contribution >= 0.6 is 0 Å². The molecule has 0 aliphatic rings. The molecule has 1 unspecified atom stereocenters. The highest BCUT2D eigenvalue weighted by Gasteiger charge is 2.09. The number of nitrogens with one attached hydrogen (secondary N) is 1. The monoisotopic (exact) mass is 239 g/mol. The van der Waals surface area contributed by atoms with Gasteiger partial charge in [0.1, 0.15) is 5.76 Å². The number of hydrogen-bond acceptors (Lipinski definition) is 3. The molecule has 0 radical (unpaired) electrons. The summed E-state index contributed by atoms with van der Waals surface area (Å²) in [5, 5.41) is 12.3. The summed E-state index contributed by atoms with van der Waals surface area (Å²) in [7, 11) is 0. The SMILES string of the molecule is CC(C)CC(O)CNC(=O)CCc1ccco1. The summed E-state index contributed by atoms with van der Waals surface area (Å²) in [6.07, 6.45) is 2.83. The van der Waals surface area contributed by atoms with E-state index in [1.807, 2.05) is 19.9 Å². The average molecular weight is 239 g/mol. The molecule has 0 spiro atoms. The number of furan rings is 1. The largest absolute Gasteiger partial charge is 0.469 e. The summed E-state index contributed by atoms with van der Waals surface area (Å²) in [6, 6.07) is 3.65. The second kappa shape index (κ2) is 7.12. The Labute approximate surface area is 102 Å². The maximum atomic E-state index is 11.5. The number of carbonyl (C=O) groups is 1. The van der Waals surface area contributed by atoms with Gasteiger partial charge in [-0.25, -0.2) is 0 Å². The molecule has 0 saturated heterocycles. The second-order valence-electron chi connectivity index (χ2n) is 4.67. The molecule has 2 N–H and O–H groups in total. The van der Waals surface area contributed by atoms with Gasteiger partial charge in [0.05, 0.1) is 12.4 Å². The van der Waals surface area contributed by atoms with Gasteiger partial charge in [0, 0.05) is 19.4 Å². The van der Waals surface area contributed by atoms with Gasteiger partial charge in [-0.15, -0.1) is 0 Å². The van der Waals surface area contributed by atoms with Gasteiger partial charge in [-0.1, -0.05) is 13.8 Å². The number of aliphatic hydroxyl groups excluding tert-OH is 1. The minimum atomic E-state index is -0.456. The molecule has 0 bridgehead atoms. The van der Waals surface area contributed by atoms with Crippen LogP contribution in [0.2, 0.25) is 0 Å². The van der Waals surface area contributed by atoms with Crippen molar-refractivity contribution in [2.75, 3.05) is 6.54 Å². The molecule has 0 aliphatic carbocycles. The number of rotatable bonds is 7. The van der Waals surface area contributed by atoms with Gasteiger partial charge in [-0.3, -0.25) is 4.79 Å². The fourth-order valence-electron chi connectivity index (χ4n) is 1.64. The smallest absolute Gasteiger partial charge is 0.220 e. The van der Waals surface area contributed by atoms with Crippen molar-refractivity contribution in [1.82, 2.24) is 5.32 Å². The van der Waals surface area contributed by atoms with Crippen molar-refractivity contribution in [3.63, 3.8) is 0 Å². The van der Waals surface area contributed by atoms with E-state index in [9.17, 15) is 9.90 Å². The third-order valence-electron chi connectivity index (χ3n) is 2.46. The molecule has 1 aromatic heterocycles. The molecule has 1 atom stereocenters. The Balaban J connectivity index is 2.13. The molecule has 1 heterocycles. The third kappa shape index (κ3) is 6.12. The van der Waals surface area contributed by atoms with Crippen LogP contribution in [0.5, 0.6) is 0 Å². The lowest BCUT2D eigenvalue weighted by Gasteiger charge is -2.13. The summed E-state index contributed by atoms with van der Waals surface area (Å²) in [6.45, 7) is 4.42. The van der Waals surface area contributed by atoms with Crippen LogP contribution < -0.4 is 5.32 Å². The molecule has 0 aromatic carbocycles. The van der Waals surface area contributed by atoms with E-state index in [1.54, 1.807) is 12.3 Å². The van der Waals surface area contributed by atoms with Gasteiger partial charge in [0.25, 0.3) is 0 Å². The predicted molar refractivity (Wildman–Crippen MR) is 65.5 cm³/mol. The van der Waals surface area contributed by atoms with E-state index in [2.05, 4.69) is 5.32 Å². The molecule has 4 heteroatoms. The first-order valence-electron chi connectivity index (χ1n) is 6.05.